The van der Waals surface area contributed by atoms with Gasteiger partial charge in [-0.15, -0.1) is 12.4 Å². The van der Waals surface area contributed by atoms with Gasteiger partial charge >= 0.3 is 0 Å². The molecule has 12 heavy (non-hydrogen) atoms. The summed E-state index contributed by atoms with van der Waals surface area (Å²) in [5.74, 6) is 5.17. The summed E-state index contributed by atoms with van der Waals surface area (Å²) in [4.78, 5) is 3.26. The quantitative estimate of drug-likeness (QED) is 0.456. The van der Waals surface area contributed by atoms with Crippen molar-refractivity contribution in [3.8, 4) is 0 Å². The van der Waals surface area contributed by atoms with Crippen molar-refractivity contribution in [1.82, 2.24) is 0 Å². The number of hydrogen-bond donors (Lipinski definition) is 2. The van der Waals surface area contributed by atoms with Crippen LogP contribution in [-0.4, -0.2) is 0 Å². The predicted octanol–water partition coefficient (Wildman–Crippen LogP) is 2.71. The van der Waals surface area contributed by atoms with Crippen LogP contribution in [0, 0.1) is 6.57 Å². The van der Waals surface area contributed by atoms with Gasteiger partial charge in [-0.25, -0.2) is 4.85 Å². The normalized spacial score (nSPS) is 8.08. The van der Waals surface area contributed by atoms with Crippen LogP contribution in [0.4, 0.5) is 11.4 Å². The van der Waals surface area contributed by atoms with E-state index < -0.39 is 0 Å². The molecule has 0 spiro atoms. The fourth-order valence-corrected chi connectivity index (χ4v) is 1.20. The molecule has 3 N–H and O–H groups in total. The van der Waals surface area contributed by atoms with Crippen LogP contribution in [0.3, 0.4) is 0 Å². The van der Waals surface area contributed by atoms with Gasteiger partial charge in [0.1, 0.15) is 0 Å². The molecule has 5 heteroatoms. The Morgan fingerprint density at radius 3 is 2.58 bits per heavy atom. The molecule has 0 heterocycles. The Morgan fingerprint density at radius 1 is 1.42 bits per heavy atom. The smallest absolute Gasteiger partial charge is 0.190 e. The topological polar surface area (TPSA) is 42.4 Å². The molecule has 0 fully saturated rings. The molecule has 0 amide bonds. The zero-order valence-electron chi connectivity index (χ0n) is 6.04. The average molecular weight is 249 g/mol. The second-order valence-corrected chi connectivity index (χ2v) is 2.87. The number of nitrogens with one attached hydrogen (secondary N) is 1. The van der Waals surface area contributed by atoms with E-state index in [0.717, 1.165) is 10.2 Å². The molecule has 0 aliphatic rings. The fraction of sp³-hybridized carbons (Fsp3) is 0. The molecule has 0 aliphatic heterocycles. The van der Waals surface area contributed by atoms with E-state index in [0.29, 0.717) is 5.69 Å². The number of rotatable bonds is 1. The molecule has 64 valence electrons. The third kappa shape index (κ3) is 2.70. The molecule has 3 nitrogen and oxygen atoms in total. The molecule has 0 saturated carbocycles. The summed E-state index contributed by atoms with van der Waals surface area (Å²) in [7, 11) is 0. The minimum absolute atomic E-state index is 0. The lowest BCUT2D eigenvalue weighted by Crippen LogP contribution is -2.06. The number of anilines is 1. The second kappa shape index (κ2) is 4.99. The van der Waals surface area contributed by atoms with E-state index in [4.69, 9.17) is 12.4 Å². The maximum Gasteiger partial charge on any atom is 0.190 e. The highest BCUT2D eigenvalue weighted by Crippen LogP contribution is 2.24. The van der Waals surface area contributed by atoms with E-state index in [1.54, 1.807) is 18.2 Å². The zero-order chi connectivity index (χ0) is 8.27. The monoisotopic (exact) mass is 247 g/mol. The molecule has 1 aromatic rings. The van der Waals surface area contributed by atoms with Gasteiger partial charge in [-0.2, -0.15) is 0 Å². The van der Waals surface area contributed by atoms with Crippen molar-refractivity contribution in [2.75, 3.05) is 5.43 Å². The van der Waals surface area contributed by atoms with Gasteiger partial charge in [-0.3, -0.25) is 5.84 Å². The van der Waals surface area contributed by atoms with Gasteiger partial charge in [0, 0.05) is 10.2 Å². The van der Waals surface area contributed by atoms with Gasteiger partial charge in [0.25, 0.3) is 0 Å². The Bertz CT molecular complexity index is 308. The summed E-state index contributed by atoms with van der Waals surface area (Å²) < 4.78 is 0.846. The Kier molecular flexibility index (Phi) is 4.67. The van der Waals surface area contributed by atoms with Crippen molar-refractivity contribution in [3.63, 3.8) is 0 Å². The Balaban J connectivity index is 0.00000121. The number of nitrogen functional groups attached to an aromatic ring is 1. The highest BCUT2D eigenvalue weighted by Gasteiger charge is 1.95. The molecule has 0 bridgehead atoms. The third-order valence-corrected chi connectivity index (χ3v) is 1.64. The van der Waals surface area contributed by atoms with Crippen molar-refractivity contribution in [2.45, 2.75) is 0 Å². The van der Waals surface area contributed by atoms with Gasteiger partial charge in [-0.1, -0.05) is 15.9 Å². The summed E-state index contributed by atoms with van der Waals surface area (Å²) in [5, 5.41) is 0. The van der Waals surface area contributed by atoms with Crippen LogP contribution in [0.15, 0.2) is 22.7 Å². The second-order valence-electron chi connectivity index (χ2n) is 1.95. The first-order valence-corrected chi connectivity index (χ1v) is 3.70. The van der Waals surface area contributed by atoms with Gasteiger partial charge in [0.15, 0.2) is 5.69 Å². The lowest BCUT2D eigenvalue weighted by atomic mass is 10.3. The Hall–Kier alpha value is -0.760. The summed E-state index contributed by atoms with van der Waals surface area (Å²) in [6.45, 7) is 6.75. The van der Waals surface area contributed by atoms with E-state index in [1.807, 2.05) is 0 Å². The van der Waals surface area contributed by atoms with Crippen LogP contribution in [0.25, 0.3) is 4.85 Å². The fourth-order valence-electron chi connectivity index (χ4n) is 0.722. The number of nitrogens with zero attached hydrogens (tertiary/aromatic N) is 1. The molecule has 0 radical (unpaired) electrons. The highest BCUT2D eigenvalue weighted by molar-refractivity contribution is 9.10. The van der Waals surface area contributed by atoms with E-state index in [1.165, 1.54) is 0 Å². The van der Waals surface area contributed by atoms with Gasteiger partial charge in [-0.05, 0) is 18.2 Å². The number of benzene rings is 1. The molecular formula is C7H7BrClN3. The Morgan fingerprint density at radius 2 is 2.08 bits per heavy atom. The van der Waals surface area contributed by atoms with Crippen molar-refractivity contribution in [2.24, 2.45) is 5.84 Å². The lowest BCUT2D eigenvalue weighted by molar-refractivity contribution is 1.35. The zero-order valence-corrected chi connectivity index (χ0v) is 8.45. The first-order chi connectivity index (χ1) is 5.26. The number of hydrazine groups is 1. The van der Waals surface area contributed by atoms with Crippen molar-refractivity contribution < 1.29 is 0 Å². The predicted molar refractivity (Wildman–Crippen MR) is 55.5 cm³/mol. The van der Waals surface area contributed by atoms with Gasteiger partial charge in [0.2, 0.25) is 0 Å². The van der Waals surface area contributed by atoms with Crippen LogP contribution in [-0.2, 0) is 0 Å². The van der Waals surface area contributed by atoms with Gasteiger partial charge < -0.3 is 5.43 Å². The van der Waals surface area contributed by atoms with Crippen molar-refractivity contribution in [3.05, 3.63) is 34.1 Å². The third-order valence-electron chi connectivity index (χ3n) is 1.18. The largest absolute Gasteiger partial charge is 0.325 e. The standard InChI is InChI=1S/C7H6BrN3.ClH/c1-10-6-2-5(8)3-7(4-6)11-9;/h2-4,11H,9H2;1H. The SMILES string of the molecule is Cl.[C-]#[N+]c1cc(Br)cc(NN)c1. The molecule has 0 saturated heterocycles. The summed E-state index contributed by atoms with van der Waals surface area (Å²) in [5.41, 5.74) is 3.76. The first kappa shape index (κ1) is 11.2. The van der Waals surface area contributed by atoms with Crippen LogP contribution in [0.5, 0.6) is 0 Å². The summed E-state index contributed by atoms with van der Waals surface area (Å²) in [6, 6.07) is 5.21. The molecule has 0 atom stereocenters. The molecule has 0 aliphatic carbocycles. The van der Waals surface area contributed by atoms with Crippen molar-refractivity contribution >= 4 is 39.7 Å². The first-order valence-electron chi connectivity index (χ1n) is 2.91. The maximum atomic E-state index is 6.75. The number of hydrogen-bond acceptors (Lipinski definition) is 2. The minimum atomic E-state index is 0. The van der Waals surface area contributed by atoms with E-state index in [-0.39, 0.29) is 12.4 Å². The molecule has 1 aromatic carbocycles. The molecule has 0 unspecified atom stereocenters. The molecule has 1 rings (SSSR count). The van der Waals surface area contributed by atoms with Crippen LogP contribution in [0.1, 0.15) is 0 Å². The van der Waals surface area contributed by atoms with Crippen LogP contribution < -0.4 is 11.3 Å². The van der Waals surface area contributed by atoms with Crippen LogP contribution >= 0.6 is 28.3 Å². The van der Waals surface area contributed by atoms with Crippen molar-refractivity contribution in [1.29, 1.82) is 0 Å². The van der Waals surface area contributed by atoms with Gasteiger partial charge in [0.05, 0.1) is 6.57 Å². The molecular weight excluding hydrogens is 241 g/mol. The van der Waals surface area contributed by atoms with E-state index >= 15 is 0 Å². The maximum absolute atomic E-state index is 6.75. The van der Waals surface area contributed by atoms with Crippen LogP contribution in [0.2, 0.25) is 0 Å². The average Bonchev–Trinajstić information content (AvgIpc) is 2.03. The minimum Gasteiger partial charge on any atom is -0.325 e. The Labute approximate surface area is 85.3 Å². The number of nitrogens with two attached hydrogens (primary N) is 1. The summed E-state index contributed by atoms with van der Waals surface area (Å²) >= 11 is 3.26. The lowest BCUT2D eigenvalue weighted by Gasteiger charge is -2.00. The van der Waals surface area contributed by atoms with E-state index in [2.05, 4.69) is 26.2 Å². The highest BCUT2D eigenvalue weighted by atomic mass is 79.9. The van der Waals surface area contributed by atoms with E-state index in [9.17, 15) is 0 Å². The number of halogens is 2. The molecule has 0 aromatic heterocycles. The summed E-state index contributed by atoms with van der Waals surface area (Å²) in [6.07, 6.45) is 0.